The van der Waals surface area contributed by atoms with Gasteiger partial charge in [-0.3, -0.25) is 4.99 Å². The fraction of sp³-hybridized carbons (Fsp3) is 0.429. The van der Waals surface area contributed by atoms with Gasteiger partial charge in [-0.05, 0) is 6.07 Å². The maximum atomic E-state index is 6.06. The molecule has 0 bridgehead atoms. The lowest BCUT2D eigenvalue weighted by atomic mass is 10.4. The zero-order valence-corrected chi connectivity index (χ0v) is 15.9. The van der Waals surface area contributed by atoms with Crippen LogP contribution < -0.4 is 15.5 Å². The molecule has 23 heavy (non-hydrogen) atoms. The standard InChI is InChI=1S/C14H20Cl2N6S/c1-17-13(18-6-9-8-23-14(20-9)21(2)3)19-7-10-5-11(15)12(16)22(10)4/h5,8H,6-7H2,1-4H3,(H2,17,18,19). The number of aromatic nitrogens is 2. The lowest BCUT2D eigenvalue weighted by Crippen LogP contribution is -2.36. The number of hydrogen-bond acceptors (Lipinski definition) is 4. The van der Waals surface area contributed by atoms with Crippen molar-refractivity contribution in [2.45, 2.75) is 13.1 Å². The van der Waals surface area contributed by atoms with Gasteiger partial charge in [0.15, 0.2) is 11.1 Å². The van der Waals surface area contributed by atoms with Gasteiger partial charge in [-0.2, -0.15) is 0 Å². The summed E-state index contributed by atoms with van der Waals surface area (Å²) < 4.78 is 1.84. The van der Waals surface area contributed by atoms with Crippen molar-refractivity contribution in [2.24, 2.45) is 12.0 Å². The van der Waals surface area contributed by atoms with E-state index in [1.54, 1.807) is 18.4 Å². The Morgan fingerprint density at radius 2 is 2.04 bits per heavy atom. The second kappa shape index (κ2) is 7.90. The van der Waals surface area contributed by atoms with Crippen LogP contribution in [0.1, 0.15) is 11.4 Å². The summed E-state index contributed by atoms with van der Waals surface area (Å²) >= 11 is 13.7. The molecule has 2 N–H and O–H groups in total. The minimum atomic E-state index is 0.533. The first-order valence-electron chi connectivity index (χ1n) is 6.98. The molecule has 0 aliphatic carbocycles. The normalized spacial score (nSPS) is 11.7. The molecule has 0 spiro atoms. The Hall–Kier alpha value is -1.44. The second-order valence-electron chi connectivity index (χ2n) is 5.13. The van der Waals surface area contributed by atoms with Crippen LogP contribution >= 0.6 is 34.5 Å². The highest BCUT2D eigenvalue weighted by Crippen LogP contribution is 2.24. The third-order valence-corrected chi connectivity index (χ3v) is 5.13. The van der Waals surface area contributed by atoms with Gasteiger partial charge in [-0.25, -0.2) is 4.98 Å². The molecule has 0 fully saturated rings. The van der Waals surface area contributed by atoms with Crippen LogP contribution in [0.4, 0.5) is 5.13 Å². The number of nitrogens with zero attached hydrogens (tertiary/aromatic N) is 4. The number of anilines is 1. The van der Waals surface area contributed by atoms with Gasteiger partial charge in [0.05, 0.1) is 23.8 Å². The molecule has 0 aliphatic rings. The lowest BCUT2D eigenvalue weighted by Gasteiger charge is -2.12. The maximum Gasteiger partial charge on any atom is 0.191 e. The predicted octanol–water partition coefficient (Wildman–Crippen LogP) is 2.72. The monoisotopic (exact) mass is 374 g/mol. The molecule has 0 saturated heterocycles. The zero-order chi connectivity index (χ0) is 17.0. The minimum absolute atomic E-state index is 0.533. The molecule has 0 radical (unpaired) electrons. The molecule has 0 saturated carbocycles. The average Bonchev–Trinajstić information content (AvgIpc) is 3.09. The Morgan fingerprint density at radius 1 is 1.35 bits per heavy atom. The van der Waals surface area contributed by atoms with E-state index in [1.807, 2.05) is 42.1 Å². The van der Waals surface area contributed by atoms with Gasteiger partial charge in [-0.15, -0.1) is 11.3 Å². The van der Waals surface area contributed by atoms with Gasteiger partial charge in [0, 0.05) is 39.3 Å². The SMILES string of the molecule is CN=C(NCc1csc(N(C)C)n1)NCc1cc(Cl)c(Cl)n1C. The highest BCUT2D eigenvalue weighted by Gasteiger charge is 2.09. The quantitative estimate of drug-likeness (QED) is 0.623. The third kappa shape index (κ3) is 4.53. The number of thiazole rings is 1. The van der Waals surface area contributed by atoms with Crippen molar-refractivity contribution < 1.29 is 0 Å². The molecule has 2 rings (SSSR count). The number of hydrogen-bond donors (Lipinski definition) is 2. The fourth-order valence-corrected chi connectivity index (χ4v) is 3.08. The second-order valence-corrected chi connectivity index (χ2v) is 6.73. The van der Waals surface area contributed by atoms with Crippen LogP contribution in [0, 0.1) is 0 Å². The summed E-state index contributed by atoms with van der Waals surface area (Å²) in [5, 5.41) is 10.6. The van der Waals surface area contributed by atoms with Gasteiger partial charge in [-0.1, -0.05) is 23.2 Å². The molecule has 2 aromatic heterocycles. The van der Waals surface area contributed by atoms with Gasteiger partial charge >= 0.3 is 0 Å². The summed E-state index contributed by atoms with van der Waals surface area (Å²) in [5.74, 6) is 0.692. The molecule has 0 atom stereocenters. The van der Waals surface area contributed by atoms with Crippen molar-refractivity contribution in [3.8, 4) is 0 Å². The van der Waals surface area contributed by atoms with Crippen molar-refractivity contribution in [1.29, 1.82) is 0 Å². The topological polar surface area (TPSA) is 57.5 Å². The van der Waals surface area contributed by atoms with Crippen LogP contribution in [-0.2, 0) is 20.1 Å². The van der Waals surface area contributed by atoms with Crippen LogP contribution in [0.5, 0.6) is 0 Å². The van der Waals surface area contributed by atoms with E-state index in [2.05, 4.69) is 20.6 Å². The number of nitrogens with one attached hydrogen (secondary N) is 2. The van der Waals surface area contributed by atoms with Gasteiger partial charge in [0.1, 0.15) is 5.15 Å². The van der Waals surface area contributed by atoms with E-state index in [0.29, 0.717) is 29.2 Å². The van der Waals surface area contributed by atoms with Crippen molar-refractivity contribution in [2.75, 3.05) is 26.0 Å². The third-order valence-electron chi connectivity index (χ3n) is 3.24. The zero-order valence-electron chi connectivity index (χ0n) is 13.5. The first kappa shape index (κ1) is 17.9. The van der Waals surface area contributed by atoms with E-state index in [0.717, 1.165) is 16.5 Å². The smallest absolute Gasteiger partial charge is 0.191 e. The van der Waals surface area contributed by atoms with E-state index >= 15 is 0 Å². The summed E-state index contributed by atoms with van der Waals surface area (Å²) in [6, 6.07) is 1.84. The summed E-state index contributed by atoms with van der Waals surface area (Å²) in [6.07, 6.45) is 0. The first-order valence-corrected chi connectivity index (χ1v) is 8.61. The summed E-state index contributed by atoms with van der Waals surface area (Å²) in [5.41, 5.74) is 1.96. The van der Waals surface area contributed by atoms with Crippen LogP contribution in [0.25, 0.3) is 0 Å². The molecule has 2 heterocycles. The van der Waals surface area contributed by atoms with Crippen LogP contribution in [0.2, 0.25) is 10.2 Å². The molecule has 126 valence electrons. The van der Waals surface area contributed by atoms with Crippen LogP contribution in [0.3, 0.4) is 0 Å². The molecular weight excluding hydrogens is 355 g/mol. The van der Waals surface area contributed by atoms with E-state index in [-0.39, 0.29) is 0 Å². The van der Waals surface area contributed by atoms with E-state index in [1.165, 1.54) is 0 Å². The van der Waals surface area contributed by atoms with E-state index in [9.17, 15) is 0 Å². The van der Waals surface area contributed by atoms with Crippen LogP contribution in [0.15, 0.2) is 16.4 Å². The number of guanidine groups is 1. The fourth-order valence-electron chi connectivity index (χ4n) is 1.91. The molecule has 2 aromatic rings. The Labute approximate surface area is 150 Å². The van der Waals surface area contributed by atoms with Crippen molar-refractivity contribution >= 4 is 45.6 Å². The largest absolute Gasteiger partial charge is 0.354 e. The van der Waals surface area contributed by atoms with Crippen molar-refractivity contribution in [3.05, 3.63) is 33.0 Å². The summed E-state index contributed by atoms with van der Waals surface area (Å²) in [7, 11) is 7.56. The highest BCUT2D eigenvalue weighted by atomic mass is 35.5. The molecule has 0 aromatic carbocycles. The molecule has 0 aliphatic heterocycles. The molecule has 6 nitrogen and oxygen atoms in total. The van der Waals surface area contributed by atoms with Crippen molar-refractivity contribution in [1.82, 2.24) is 20.2 Å². The van der Waals surface area contributed by atoms with Gasteiger partial charge in [0.25, 0.3) is 0 Å². The minimum Gasteiger partial charge on any atom is -0.354 e. The first-order chi connectivity index (χ1) is 10.9. The Kier molecular flexibility index (Phi) is 6.15. The molecule has 0 unspecified atom stereocenters. The Morgan fingerprint density at radius 3 is 2.57 bits per heavy atom. The lowest BCUT2D eigenvalue weighted by molar-refractivity contribution is 0.746. The summed E-state index contributed by atoms with van der Waals surface area (Å²) in [4.78, 5) is 10.7. The molecule has 0 amide bonds. The van der Waals surface area contributed by atoms with E-state index < -0.39 is 0 Å². The predicted molar refractivity (Wildman–Crippen MR) is 98.9 cm³/mol. The Bertz CT molecular complexity index is 691. The molecule has 9 heteroatoms. The number of rotatable bonds is 5. The van der Waals surface area contributed by atoms with E-state index in [4.69, 9.17) is 23.2 Å². The highest BCUT2D eigenvalue weighted by molar-refractivity contribution is 7.13. The average molecular weight is 375 g/mol. The number of aliphatic imine (C=N–C) groups is 1. The van der Waals surface area contributed by atoms with Gasteiger partial charge in [0.2, 0.25) is 0 Å². The van der Waals surface area contributed by atoms with Gasteiger partial charge < -0.3 is 20.1 Å². The maximum absolute atomic E-state index is 6.06. The molecular formula is C14H20Cl2N6S. The van der Waals surface area contributed by atoms with Crippen molar-refractivity contribution in [3.63, 3.8) is 0 Å². The summed E-state index contributed by atoms with van der Waals surface area (Å²) in [6.45, 7) is 1.18. The number of halogens is 2. The Balaban J connectivity index is 1.89. The van der Waals surface area contributed by atoms with Crippen LogP contribution in [-0.4, -0.2) is 36.7 Å².